The molecule has 12 heteroatoms. The highest BCUT2D eigenvalue weighted by Gasteiger charge is 2.31. The number of nitrogens with one attached hydrogen (secondary N) is 1. The average molecular weight is 403 g/mol. The van der Waals surface area contributed by atoms with Crippen LogP contribution in [0.4, 0.5) is 5.00 Å². The molecule has 1 fully saturated rings. The normalized spacial score (nSPS) is 22.2. The Morgan fingerprint density at radius 2 is 2.48 bits per heavy atom. The van der Waals surface area contributed by atoms with E-state index in [1.807, 2.05) is 4.90 Å². The number of hydrogen-bond acceptors (Lipinski definition) is 10. The highest BCUT2D eigenvalue weighted by atomic mass is 35.5. The van der Waals surface area contributed by atoms with Gasteiger partial charge in [0.1, 0.15) is 0 Å². The molecule has 2 aliphatic heterocycles. The van der Waals surface area contributed by atoms with E-state index in [4.69, 9.17) is 16.3 Å². The molecule has 0 bridgehead atoms. The van der Waals surface area contributed by atoms with Crippen LogP contribution in [0.2, 0.25) is 0 Å². The minimum atomic E-state index is -0.528. The third-order valence-corrected chi connectivity index (χ3v) is 5.77. The van der Waals surface area contributed by atoms with Crippen LogP contribution in [-0.2, 0) is 0 Å². The van der Waals surface area contributed by atoms with Crippen LogP contribution >= 0.6 is 34.7 Å². The highest BCUT2D eigenvalue weighted by Crippen LogP contribution is 2.32. The second-order valence-corrected chi connectivity index (χ2v) is 8.03. The summed E-state index contributed by atoms with van der Waals surface area (Å²) in [6.07, 6.45) is 0. The fourth-order valence-electron chi connectivity index (χ4n) is 2.40. The predicted octanol–water partition coefficient (Wildman–Crippen LogP) is 2.86. The van der Waals surface area contributed by atoms with Gasteiger partial charge in [0.15, 0.2) is 14.6 Å². The summed E-state index contributed by atoms with van der Waals surface area (Å²) in [6, 6.07) is 3.43. The maximum absolute atomic E-state index is 11.5. The topological polar surface area (TPSA) is 105 Å². The van der Waals surface area contributed by atoms with Crippen molar-refractivity contribution in [3.8, 4) is 5.06 Å². The molecule has 1 aromatic rings. The second kappa shape index (κ2) is 8.02. The molecule has 1 saturated heterocycles. The van der Waals surface area contributed by atoms with Gasteiger partial charge in [-0.1, -0.05) is 34.7 Å². The smallest absolute Gasteiger partial charge is 0.430 e. The number of ether oxygens (including phenoxy) is 1. The van der Waals surface area contributed by atoms with Crippen LogP contribution in [0.15, 0.2) is 39.0 Å². The largest absolute Gasteiger partial charge is 0.487 e. The molecule has 0 saturated carbocycles. The third kappa shape index (κ3) is 4.41. The van der Waals surface area contributed by atoms with Gasteiger partial charge in [-0.15, -0.1) is 0 Å². The quantitative estimate of drug-likeness (QED) is 0.445. The first-order valence-corrected chi connectivity index (χ1v) is 9.44. The molecule has 1 aromatic heterocycles. The number of thiophene rings is 1. The number of nitrogens with zero attached hydrogens (tertiary/aromatic N) is 5. The number of rotatable bonds is 6. The molecule has 134 valence electrons. The minimum absolute atomic E-state index is 0.175. The van der Waals surface area contributed by atoms with Gasteiger partial charge in [-0.2, -0.15) is 0 Å². The van der Waals surface area contributed by atoms with Crippen molar-refractivity contribution in [2.45, 2.75) is 5.25 Å². The molecule has 3 rings (SSSR count). The molecule has 0 aromatic carbocycles. The molecule has 25 heavy (non-hydrogen) atoms. The molecular formula is C13H15ClN6O3S2. The Morgan fingerprint density at radius 1 is 1.64 bits per heavy atom. The lowest BCUT2D eigenvalue weighted by Crippen LogP contribution is -2.30. The van der Waals surface area contributed by atoms with Crippen molar-refractivity contribution < 1.29 is 9.66 Å². The van der Waals surface area contributed by atoms with E-state index in [0.29, 0.717) is 46.6 Å². The van der Waals surface area contributed by atoms with Crippen molar-refractivity contribution in [2.24, 2.45) is 15.2 Å². The summed E-state index contributed by atoms with van der Waals surface area (Å²) in [5.74, 6) is 0.0702. The maximum Gasteiger partial charge on any atom is 0.430 e. The van der Waals surface area contributed by atoms with Crippen molar-refractivity contribution in [1.29, 1.82) is 0 Å². The summed E-state index contributed by atoms with van der Waals surface area (Å²) < 4.78 is 5.61. The standard InChI is InChI=1S/C13H15ClN6O3S2/c1-23-10-3-2-9(25-10)17-18-12(20(21)22)11-15-4-5-19(11)7-8-6-16-13(14)24-8/h2-3,8,15H,4-7H2,1H3/b12-11+,18-17+. The van der Waals surface area contributed by atoms with Crippen molar-refractivity contribution in [3.05, 3.63) is 33.9 Å². The monoisotopic (exact) mass is 402 g/mol. The Morgan fingerprint density at radius 3 is 3.12 bits per heavy atom. The summed E-state index contributed by atoms with van der Waals surface area (Å²) in [6.45, 7) is 2.48. The second-order valence-electron chi connectivity index (χ2n) is 5.13. The Kier molecular flexibility index (Phi) is 5.76. The van der Waals surface area contributed by atoms with Gasteiger partial charge in [0.05, 0.1) is 18.8 Å². The van der Waals surface area contributed by atoms with E-state index in [0.717, 1.165) is 0 Å². The van der Waals surface area contributed by atoms with Crippen molar-refractivity contribution in [2.75, 3.05) is 33.3 Å². The van der Waals surface area contributed by atoms with E-state index in [1.165, 1.54) is 23.1 Å². The first kappa shape index (κ1) is 18.0. The van der Waals surface area contributed by atoms with E-state index in [2.05, 4.69) is 20.5 Å². The molecule has 2 aliphatic rings. The van der Waals surface area contributed by atoms with Gasteiger partial charge >= 0.3 is 5.82 Å². The molecular weight excluding hydrogens is 388 g/mol. The van der Waals surface area contributed by atoms with Gasteiger partial charge in [-0.05, 0) is 22.2 Å². The number of azo groups is 1. The van der Waals surface area contributed by atoms with E-state index in [-0.39, 0.29) is 11.1 Å². The Bertz CT molecular complexity index is 750. The van der Waals surface area contributed by atoms with Crippen LogP contribution in [0.3, 0.4) is 0 Å². The van der Waals surface area contributed by atoms with Crippen LogP contribution in [0.1, 0.15) is 0 Å². The minimum Gasteiger partial charge on any atom is -0.487 e. The molecule has 0 spiro atoms. The zero-order valence-corrected chi connectivity index (χ0v) is 15.6. The molecule has 1 unspecified atom stereocenters. The molecule has 0 radical (unpaired) electrons. The molecule has 9 nitrogen and oxygen atoms in total. The fourth-order valence-corrected chi connectivity index (χ4v) is 4.32. The average Bonchev–Trinajstić information content (AvgIpc) is 3.30. The highest BCUT2D eigenvalue weighted by molar-refractivity contribution is 8.17. The number of hydrogen-bond donors (Lipinski definition) is 1. The summed E-state index contributed by atoms with van der Waals surface area (Å²) in [7, 11) is 1.55. The molecule has 1 atom stereocenters. The van der Waals surface area contributed by atoms with Crippen LogP contribution < -0.4 is 10.1 Å². The van der Waals surface area contributed by atoms with Crippen molar-refractivity contribution in [3.63, 3.8) is 0 Å². The number of nitro groups is 1. The van der Waals surface area contributed by atoms with E-state index >= 15 is 0 Å². The number of halogens is 1. The third-order valence-electron chi connectivity index (χ3n) is 3.49. The van der Waals surface area contributed by atoms with Crippen molar-refractivity contribution >= 4 is 44.2 Å². The molecule has 1 N–H and O–H groups in total. The predicted molar refractivity (Wildman–Crippen MR) is 98.5 cm³/mol. The Hall–Kier alpha value is -1.85. The lowest BCUT2D eigenvalue weighted by Gasteiger charge is -2.20. The molecule has 0 amide bonds. The zero-order valence-electron chi connectivity index (χ0n) is 13.2. The molecule has 0 aliphatic carbocycles. The van der Waals surface area contributed by atoms with Gasteiger partial charge in [0.25, 0.3) is 0 Å². The van der Waals surface area contributed by atoms with Crippen molar-refractivity contribution in [1.82, 2.24) is 10.2 Å². The van der Waals surface area contributed by atoms with Gasteiger partial charge in [-0.3, -0.25) is 4.99 Å². The van der Waals surface area contributed by atoms with Gasteiger partial charge in [0.2, 0.25) is 5.82 Å². The number of thioether (sulfide) groups is 1. The van der Waals surface area contributed by atoms with Crippen LogP contribution in [-0.4, -0.2) is 52.9 Å². The van der Waals surface area contributed by atoms with Crippen LogP contribution in [0.5, 0.6) is 5.06 Å². The fraction of sp³-hybridized carbons (Fsp3) is 0.462. The first-order valence-electron chi connectivity index (χ1n) is 7.36. The lowest BCUT2D eigenvalue weighted by atomic mass is 10.3. The van der Waals surface area contributed by atoms with E-state index in [1.54, 1.807) is 19.2 Å². The first-order chi connectivity index (χ1) is 12.1. The SMILES string of the molecule is COc1ccc(/N=N/C(=C2/NCCN2CC2CN=C(Cl)S2)[N+](=O)[O-])s1. The van der Waals surface area contributed by atoms with Crippen LogP contribution in [0.25, 0.3) is 0 Å². The number of methoxy groups -OCH3 is 1. The maximum atomic E-state index is 11.5. The summed E-state index contributed by atoms with van der Waals surface area (Å²) in [5.41, 5.74) is 0. The summed E-state index contributed by atoms with van der Waals surface area (Å²) >= 11 is 8.63. The van der Waals surface area contributed by atoms with E-state index in [9.17, 15) is 10.1 Å². The lowest BCUT2D eigenvalue weighted by molar-refractivity contribution is -0.429. The number of aliphatic imine (C=N–C) groups is 1. The van der Waals surface area contributed by atoms with Crippen LogP contribution in [0, 0.1) is 10.1 Å². The Labute approximate surface area is 156 Å². The summed E-state index contributed by atoms with van der Waals surface area (Å²) in [4.78, 5) is 17.0. The zero-order chi connectivity index (χ0) is 17.8. The van der Waals surface area contributed by atoms with E-state index < -0.39 is 4.92 Å². The van der Waals surface area contributed by atoms with Gasteiger partial charge in [0, 0.05) is 24.9 Å². The van der Waals surface area contributed by atoms with Gasteiger partial charge in [-0.25, -0.2) is 0 Å². The Balaban J connectivity index is 1.77. The van der Waals surface area contributed by atoms with Gasteiger partial charge < -0.3 is 25.1 Å². The summed E-state index contributed by atoms with van der Waals surface area (Å²) in [5, 5.41) is 23.7. The molecule has 3 heterocycles.